The molecule has 284 valence electrons. The Morgan fingerprint density at radius 1 is 0.571 bits per heavy atom. The summed E-state index contributed by atoms with van der Waals surface area (Å²) in [6.07, 6.45) is 10.0. The van der Waals surface area contributed by atoms with Crippen LogP contribution in [0.15, 0.2) is 158 Å². The topological polar surface area (TPSA) is 0 Å². The summed E-state index contributed by atoms with van der Waals surface area (Å²) in [5.41, 5.74) is 10.8. The first kappa shape index (κ1) is 46.2. The Hall–Kier alpha value is -2.54. The number of hydrogen-bond donors (Lipinski definition) is 0. The van der Waals surface area contributed by atoms with E-state index in [2.05, 4.69) is 238 Å². The van der Waals surface area contributed by atoms with Crippen molar-refractivity contribution in [1.82, 2.24) is 0 Å². The number of fused-ring (bicyclic) bond motifs is 3. The average Bonchev–Trinajstić information content (AvgIpc) is 3.86. The molecule has 0 radical (unpaired) electrons. The summed E-state index contributed by atoms with van der Waals surface area (Å²) in [7, 11) is 0. The van der Waals surface area contributed by atoms with E-state index in [0.717, 1.165) is 6.42 Å². The molecule has 7 aromatic carbocycles. The van der Waals surface area contributed by atoms with Gasteiger partial charge in [-0.15, -0.1) is 46.2 Å². The van der Waals surface area contributed by atoms with Crippen LogP contribution in [-0.4, -0.2) is 3.21 Å². The van der Waals surface area contributed by atoms with E-state index in [-0.39, 0.29) is 35.6 Å². The second kappa shape index (κ2) is 20.4. The molecule has 7 aromatic rings. The average molecular weight is 1070 g/mol. The Morgan fingerprint density at radius 2 is 0.964 bits per heavy atom. The minimum absolute atomic E-state index is 0. The van der Waals surface area contributed by atoms with Gasteiger partial charge in [0.1, 0.15) is 0 Å². The molecule has 0 aromatic heterocycles. The van der Waals surface area contributed by atoms with Gasteiger partial charge in [0.25, 0.3) is 0 Å². The van der Waals surface area contributed by atoms with Crippen molar-refractivity contribution >= 4 is 69.9 Å². The Kier molecular flexibility index (Phi) is 16.8. The molecule has 0 heterocycles. The number of rotatable bonds is 4. The molecule has 0 saturated carbocycles. The minimum atomic E-state index is 0. The van der Waals surface area contributed by atoms with Crippen LogP contribution in [0.5, 0.6) is 0 Å². The van der Waals surface area contributed by atoms with Crippen LogP contribution in [0.3, 0.4) is 0 Å². The van der Waals surface area contributed by atoms with Gasteiger partial charge in [-0.05, 0) is 44.2 Å². The molecule has 0 aliphatic heterocycles. The van der Waals surface area contributed by atoms with E-state index in [0.29, 0.717) is 0 Å². The third-order valence-corrected chi connectivity index (χ3v) is 12.5. The van der Waals surface area contributed by atoms with Crippen molar-refractivity contribution < 1.29 is 49.0 Å². The first-order chi connectivity index (χ1) is 25.8. The standard InChI is InChI=1S/C33H33.C13H8I2.C5H5.2ClH.Zr/c1-32(2,3)30-20-26-24(18-28(30)22-13-9-7-10-14-22)17-25-19-29(23-15-11-8-12-16-23)31(21-27(25)26)33(4,5)6;14-12-5-1-10(2-6-12)9-11-3-7-13(15)8-4-11;1-2-4-5-3-1;;;/h7-21H,1-6H3;1-8H;1-3H,4H2;2*1H;/q-1;;-1;;;+2/p-2. The first-order valence-corrected chi connectivity index (χ1v) is 21.8. The third kappa shape index (κ3) is 11.6. The molecular weight excluding hydrogens is 1030 g/mol. The van der Waals surface area contributed by atoms with Gasteiger partial charge in [-0.2, -0.15) is 6.08 Å². The van der Waals surface area contributed by atoms with Crippen LogP contribution in [0.2, 0.25) is 0 Å². The van der Waals surface area contributed by atoms with Gasteiger partial charge in [-0.3, -0.25) is 6.08 Å². The fourth-order valence-electron chi connectivity index (χ4n) is 6.80. The zero-order valence-electron chi connectivity index (χ0n) is 32.7. The van der Waals surface area contributed by atoms with Crippen molar-refractivity contribution in [2.75, 3.05) is 0 Å². The molecule has 0 saturated heterocycles. The molecule has 1 aliphatic rings. The molecule has 0 spiro atoms. The third-order valence-electron chi connectivity index (χ3n) is 9.62. The second-order valence-corrected chi connectivity index (χ2v) is 19.5. The van der Waals surface area contributed by atoms with E-state index in [1.807, 2.05) is 12.2 Å². The van der Waals surface area contributed by atoms with Crippen LogP contribution in [0.25, 0.3) is 43.8 Å². The molecule has 5 heteroatoms. The Balaban J connectivity index is 0.000000252. The normalized spacial score (nSPS) is 11.9. The quantitative estimate of drug-likeness (QED) is 0.122. The summed E-state index contributed by atoms with van der Waals surface area (Å²) in [5, 5.41) is 5.36. The van der Waals surface area contributed by atoms with Crippen LogP contribution in [0, 0.1) is 13.2 Å². The van der Waals surface area contributed by atoms with Gasteiger partial charge >= 0.3 is 139 Å². The SMILES string of the molecule is CC(C)(C)c1cc2c(cc1-c1ccccc1)[cH-]c1cc(-c3ccccc3)c(C(C)(C)C)cc12.[C-]1=CC=CC1.[Cl-].[Cl-].[Zr+2]=[C](c1ccc(I)cc1)c1ccc(I)cc1. The molecule has 0 bridgehead atoms. The summed E-state index contributed by atoms with van der Waals surface area (Å²) in [6.45, 7) is 13.9. The Morgan fingerprint density at radius 3 is 1.27 bits per heavy atom. The zero-order chi connectivity index (χ0) is 38.5. The predicted molar refractivity (Wildman–Crippen MR) is 248 cm³/mol. The van der Waals surface area contributed by atoms with Crippen LogP contribution in [0.1, 0.15) is 70.2 Å². The van der Waals surface area contributed by atoms with Crippen molar-refractivity contribution in [2.45, 2.75) is 58.8 Å². The van der Waals surface area contributed by atoms with E-state index in [1.54, 1.807) is 0 Å². The molecule has 0 fully saturated rings. The molecule has 8 rings (SSSR count). The predicted octanol–water partition coefficient (Wildman–Crippen LogP) is 8.97. The van der Waals surface area contributed by atoms with E-state index in [4.69, 9.17) is 0 Å². The van der Waals surface area contributed by atoms with E-state index in [9.17, 15) is 0 Å². The van der Waals surface area contributed by atoms with Gasteiger partial charge in [0.2, 0.25) is 0 Å². The number of benzene rings is 6. The van der Waals surface area contributed by atoms with Crippen molar-refractivity contribution in [2.24, 2.45) is 0 Å². The molecule has 56 heavy (non-hydrogen) atoms. The Bertz CT molecular complexity index is 2260. The van der Waals surface area contributed by atoms with E-state index < -0.39 is 0 Å². The monoisotopic (exact) mass is 1070 g/mol. The first-order valence-electron chi connectivity index (χ1n) is 18.4. The van der Waals surface area contributed by atoms with Crippen molar-refractivity contribution in [1.29, 1.82) is 0 Å². The maximum atomic E-state index is 2.99. The molecule has 0 nitrogen and oxygen atoms in total. The summed E-state index contributed by atoms with van der Waals surface area (Å²) in [6, 6.07) is 51.2. The Labute approximate surface area is 389 Å². The number of halogens is 4. The molecule has 1 aliphatic carbocycles. The van der Waals surface area contributed by atoms with Gasteiger partial charge < -0.3 is 24.8 Å². The molecular formula is C51H46Cl2I2Zr-2. The van der Waals surface area contributed by atoms with Crippen LogP contribution < -0.4 is 24.8 Å². The van der Waals surface area contributed by atoms with Crippen molar-refractivity contribution in [3.8, 4) is 22.3 Å². The van der Waals surface area contributed by atoms with Gasteiger partial charge in [0.05, 0.1) is 0 Å². The van der Waals surface area contributed by atoms with Gasteiger partial charge in [-0.25, -0.2) is 12.2 Å². The summed E-state index contributed by atoms with van der Waals surface area (Å²) < 4.78 is 3.99. The van der Waals surface area contributed by atoms with E-state index in [1.165, 1.54) is 101 Å². The summed E-state index contributed by atoms with van der Waals surface area (Å²) in [4.78, 5) is 0. The van der Waals surface area contributed by atoms with Gasteiger partial charge in [0, 0.05) is 0 Å². The molecule has 0 atom stereocenters. The molecule has 0 unspecified atom stereocenters. The maximum absolute atomic E-state index is 2.99. The summed E-state index contributed by atoms with van der Waals surface area (Å²) >= 11 is 6.13. The van der Waals surface area contributed by atoms with Crippen LogP contribution >= 0.6 is 45.2 Å². The van der Waals surface area contributed by atoms with Crippen LogP contribution in [0.4, 0.5) is 0 Å². The molecule has 0 N–H and O–H groups in total. The summed E-state index contributed by atoms with van der Waals surface area (Å²) in [5.74, 6) is 0. The fraction of sp³-hybridized carbons (Fsp3) is 0.176. The zero-order valence-corrected chi connectivity index (χ0v) is 41.0. The molecule has 0 amide bonds. The fourth-order valence-corrected chi connectivity index (χ4v) is 8.34. The van der Waals surface area contributed by atoms with Gasteiger partial charge in [0.15, 0.2) is 0 Å². The number of hydrogen-bond acceptors (Lipinski definition) is 0. The van der Waals surface area contributed by atoms with Crippen molar-refractivity contribution in [3.63, 3.8) is 0 Å². The number of allylic oxidation sites excluding steroid dienone is 4. The second-order valence-electron chi connectivity index (χ2n) is 15.7. The van der Waals surface area contributed by atoms with Crippen LogP contribution in [-0.2, 0) is 35.1 Å². The van der Waals surface area contributed by atoms with E-state index >= 15 is 0 Å². The van der Waals surface area contributed by atoms with Gasteiger partial charge in [-0.1, -0.05) is 114 Å². The van der Waals surface area contributed by atoms with Crippen molar-refractivity contribution in [3.05, 3.63) is 193 Å².